The van der Waals surface area contributed by atoms with Crippen molar-refractivity contribution >= 4 is 15.9 Å². The number of alkyl halides is 1. The molecule has 0 N–H and O–H groups in total. The van der Waals surface area contributed by atoms with Crippen LogP contribution in [0, 0.1) is 5.92 Å². The minimum Gasteiger partial charge on any atom is -0.493 e. The van der Waals surface area contributed by atoms with Crippen LogP contribution >= 0.6 is 15.9 Å². The molecule has 0 heterocycles. The quantitative estimate of drug-likeness (QED) is 0.637. The van der Waals surface area contributed by atoms with Crippen molar-refractivity contribution in [1.82, 2.24) is 0 Å². The van der Waals surface area contributed by atoms with Crippen molar-refractivity contribution in [2.75, 3.05) is 13.7 Å². The zero-order valence-electron chi connectivity index (χ0n) is 12.5. The summed E-state index contributed by atoms with van der Waals surface area (Å²) in [6, 6.07) is 18.2. The molecule has 0 amide bonds. The molecule has 2 aromatic rings. The van der Waals surface area contributed by atoms with Crippen molar-refractivity contribution in [2.45, 2.75) is 18.2 Å². The van der Waals surface area contributed by atoms with E-state index >= 15 is 0 Å². The molecule has 3 heteroatoms. The third-order valence-corrected chi connectivity index (χ3v) is 4.95. The summed E-state index contributed by atoms with van der Waals surface area (Å²) in [6.07, 6.45) is 0.975. The highest BCUT2D eigenvalue weighted by molar-refractivity contribution is 9.09. The van der Waals surface area contributed by atoms with Gasteiger partial charge in [-0.1, -0.05) is 65.3 Å². The van der Waals surface area contributed by atoms with E-state index in [1.54, 1.807) is 7.11 Å². The lowest BCUT2D eigenvalue weighted by molar-refractivity contribution is 0.268. The second-order valence-corrected chi connectivity index (χ2v) is 6.06. The van der Waals surface area contributed by atoms with Gasteiger partial charge in [-0.25, -0.2) is 0 Å². The van der Waals surface area contributed by atoms with Crippen LogP contribution in [-0.2, 0) is 0 Å². The molecule has 2 aromatic carbocycles. The van der Waals surface area contributed by atoms with E-state index in [-0.39, 0.29) is 0 Å². The van der Waals surface area contributed by atoms with Gasteiger partial charge in [0, 0.05) is 4.83 Å². The van der Waals surface area contributed by atoms with Gasteiger partial charge in [-0.05, 0) is 30.0 Å². The Morgan fingerprint density at radius 1 is 0.952 bits per heavy atom. The van der Waals surface area contributed by atoms with Gasteiger partial charge < -0.3 is 9.47 Å². The first-order chi connectivity index (χ1) is 10.2. The van der Waals surface area contributed by atoms with Crippen LogP contribution in [0.25, 0.3) is 0 Å². The second kappa shape index (κ2) is 8.08. The smallest absolute Gasteiger partial charge is 0.161 e. The van der Waals surface area contributed by atoms with E-state index in [1.807, 2.05) is 30.3 Å². The van der Waals surface area contributed by atoms with Gasteiger partial charge in [-0.3, -0.25) is 0 Å². The summed E-state index contributed by atoms with van der Waals surface area (Å²) in [6.45, 7) is 2.91. The minimum atomic E-state index is 0.347. The average molecular weight is 349 g/mol. The summed E-state index contributed by atoms with van der Waals surface area (Å²) in [4.78, 5) is 0.347. The predicted molar refractivity (Wildman–Crippen MR) is 90.4 cm³/mol. The molecule has 2 rings (SSSR count). The number of rotatable bonds is 7. The highest BCUT2D eigenvalue weighted by atomic mass is 79.9. The van der Waals surface area contributed by atoms with Crippen LogP contribution in [0.4, 0.5) is 0 Å². The van der Waals surface area contributed by atoms with Crippen LogP contribution in [0.3, 0.4) is 0 Å². The predicted octanol–water partition coefficient (Wildman–Crippen LogP) is 5.24. The Morgan fingerprint density at radius 2 is 1.57 bits per heavy atom. The standard InChI is InChI=1S/C18H21BrO2/c1-14(18(19)15-8-4-3-5-9-15)12-13-21-17-11-7-6-10-16(17)20-2/h3-11,14,18H,12-13H2,1-2H3. The SMILES string of the molecule is COc1ccccc1OCCC(C)C(Br)c1ccccc1. The molecule has 0 aliphatic carbocycles. The fourth-order valence-corrected chi connectivity index (χ4v) is 2.77. The van der Waals surface area contributed by atoms with E-state index in [9.17, 15) is 0 Å². The second-order valence-electron chi connectivity index (χ2n) is 5.08. The Hall–Kier alpha value is -1.48. The van der Waals surface area contributed by atoms with Gasteiger partial charge in [0.2, 0.25) is 0 Å². The summed E-state index contributed by atoms with van der Waals surface area (Å²) in [5.74, 6) is 2.07. The normalized spacial score (nSPS) is 13.5. The molecule has 0 spiro atoms. The maximum Gasteiger partial charge on any atom is 0.161 e. The van der Waals surface area contributed by atoms with Crippen LogP contribution < -0.4 is 9.47 Å². The molecule has 2 nitrogen and oxygen atoms in total. The Kier molecular flexibility index (Phi) is 6.12. The monoisotopic (exact) mass is 348 g/mol. The molecule has 0 saturated carbocycles. The highest BCUT2D eigenvalue weighted by Crippen LogP contribution is 2.33. The first-order valence-electron chi connectivity index (χ1n) is 7.17. The van der Waals surface area contributed by atoms with Crippen LogP contribution in [0.5, 0.6) is 11.5 Å². The summed E-state index contributed by atoms with van der Waals surface area (Å²) < 4.78 is 11.1. The van der Waals surface area contributed by atoms with E-state index in [0.29, 0.717) is 17.4 Å². The lowest BCUT2D eigenvalue weighted by Gasteiger charge is -2.19. The summed E-state index contributed by atoms with van der Waals surface area (Å²) >= 11 is 3.79. The molecule has 2 atom stereocenters. The Balaban J connectivity index is 1.85. The summed E-state index contributed by atoms with van der Waals surface area (Å²) in [7, 11) is 1.66. The lowest BCUT2D eigenvalue weighted by Crippen LogP contribution is -2.09. The van der Waals surface area contributed by atoms with Crippen molar-refractivity contribution in [3.8, 4) is 11.5 Å². The summed E-state index contributed by atoms with van der Waals surface area (Å²) in [5, 5.41) is 0. The van der Waals surface area contributed by atoms with E-state index in [0.717, 1.165) is 17.9 Å². The maximum atomic E-state index is 5.84. The number of hydrogen-bond acceptors (Lipinski definition) is 2. The largest absolute Gasteiger partial charge is 0.493 e. The Morgan fingerprint density at radius 3 is 2.24 bits per heavy atom. The van der Waals surface area contributed by atoms with E-state index < -0.39 is 0 Å². The molecule has 0 aromatic heterocycles. The highest BCUT2D eigenvalue weighted by Gasteiger charge is 2.16. The molecule has 0 bridgehead atoms. The molecule has 0 radical (unpaired) electrons. The average Bonchev–Trinajstić information content (AvgIpc) is 2.55. The van der Waals surface area contributed by atoms with Gasteiger partial charge in [0.25, 0.3) is 0 Å². The molecule has 112 valence electrons. The van der Waals surface area contributed by atoms with Crippen molar-refractivity contribution in [1.29, 1.82) is 0 Å². The molecule has 0 aliphatic rings. The van der Waals surface area contributed by atoms with Gasteiger partial charge in [-0.15, -0.1) is 0 Å². The van der Waals surface area contributed by atoms with Crippen molar-refractivity contribution < 1.29 is 9.47 Å². The molecule has 0 fully saturated rings. The van der Waals surface area contributed by atoms with E-state index in [2.05, 4.69) is 47.1 Å². The molecular formula is C18H21BrO2. The van der Waals surface area contributed by atoms with Gasteiger partial charge in [0.15, 0.2) is 11.5 Å². The number of hydrogen-bond donors (Lipinski definition) is 0. The molecule has 2 unspecified atom stereocenters. The number of benzene rings is 2. The maximum absolute atomic E-state index is 5.84. The summed E-state index contributed by atoms with van der Waals surface area (Å²) in [5.41, 5.74) is 1.31. The fourth-order valence-electron chi connectivity index (χ4n) is 2.20. The number of para-hydroxylation sites is 2. The zero-order chi connectivity index (χ0) is 15.1. The van der Waals surface area contributed by atoms with Crippen LogP contribution in [-0.4, -0.2) is 13.7 Å². The number of methoxy groups -OCH3 is 1. The number of halogens is 1. The van der Waals surface area contributed by atoms with Crippen LogP contribution in [0.1, 0.15) is 23.7 Å². The van der Waals surface area contributed by atoms with Crippen molar-refractivity contribution in [3.05, 3.63) is 60.2 Å². The van der Waals surface area contributed by atoms with Gasteiger partial charge >= 0.3 is 0 Å². The first kappa shape index (κ1) is 15.9. The molecule has 21 heavy (non-hydrogen) atoms. The third-order valence-electron chi connectivity index (χ3n) is 3.52. The Bertz CT molecular complexity index is 542. The molecule has 0 aliphatic heterocycles. The Labute approximate surface area is 135 Å². The van der Waals surface area contributed by atoms with Crippen LogP contribution in [0.2, 0.25) is 0 Å². The lowest BCUT2D eigenvalue weighted by atomic mass is 9.98. The molecule has 0 saturated heterocycles. The van der Waals surface area contributed by atoms with Crippen LogP contribution in [0.15, 0.2) is 54.6 Å². The van der Waals surface area contributed by atoms with E-state index in [4.69, 9.17) is 9.47 Å². The zero-order valence-corrected chi connectivity index (χ0v) is 14.0. The minimum absolute atomic E-state index is 0.347. The van der Waals surface area contributed by atoms with Gasteiger partial charge in [0.05, 0.1) is 13.7 Å². The van der Waals surface area contributed by atoms with Crippen molar-refractivity contribution in [3.63, 3.8) is 0 Å². The van der Waals surface area contributed by atoms with Gasteiger partial charge in [0.1, 0.15) is 0 Å². The number of ether oxygens (including phenoxy) is 2. The topological polar surface area (TPSA) is 18.5 Å². The fraction of sp³-hybridized carbons (Fsp3) is 0.333. The third kappa shape index (κ3) is 4.50. The van der Waals surface area contributed by atoms with Gasteiger partial charge in [-0.2, -0.15) is 0 Å². The van der Waals surface area contributed by atoms with Crippen molar-refractivity contribution in [2.24, 2.45) is 5.92 Å². The van der Waals surface area contributed by atoms with E-state index in [1.165, 1.54) is 5.56 Å². The molecular weight excluding hydrogens is 328 g/mol. The first-order valence-corrected chi connectivity index (χ1v) is 8.08.